The quantitative estimate of drug-likeness (QED) is 0.860. The third kappa shape index (κ3) is 2.91. The second-order valence-corrected chi connectivity index (χ2v) is 3.23. The van der Waals surface area contributed by atoms with Gasteiger partial charge in [-0.1, -0.05) is 6.07 Å². The zero-order chi connectivity index (χ0) is 11.8. The fraction of sp³-hybridized carbons (Fsp3) is 0.100. The van der Waals surface area contributed by atoms with E-state index in [0.29, 0.717) is 5.69 Å². The van der Waals surface area contributed by atoms with E-state index < -0.39 is 11.7 Å². The van der Waals surface area contributed by atoms with Crippen LogP contribution in [-0.2, 0) is 6.18 Å². The number of halogens is 4. The van der Waals surface area contributed by atoms with Crippen molar-refractivity contribution in [3.05, 3.63) is 42.1 Å². The van der Waals surface area contributed by atoms with Crippen LogP contribution in [0, 0.1) is 0 Å². The van der Waals surface area contributed by atoms with Crippen LogP contribution < -0.4 is 5.73 Å². The Bertz CT molecular complexity index is 507. The lowest BCUT2D eigenvalue weighted by Gasteiger charge is -2.08. The average molecular weight is 264 g/mol. The van der Waals surface area contributed by atoms with Gasteiger partial charge in [-0.2, -0.15) is 18.3 Å². The molecule has 0 saturated heterocycles. The van der Waals surface area contributed by atoms with Crippen molar-refractivity contribution in [1.29, 1.82) is 0 Å². The van der Waals surface area contributed by atoms with E-state index in [0.717, 1.165) is 12.1 Å². The number of nitrogen functional groups attached to an aromatic ring is 1. The smallest absolute Gasteiger partial charge is 0.382 e. The monoisotopic (exact) mass is 263 g/mol. The molecule has 0 unspecified atom stereocenters. The average Bonchev–Trinajstić information content (AvgIpc) is 2.64. The maximum absolute atomic E-state index is 12.4. The van der Waals surface area contributed by atoms with Crippen molar-refractivity contribution in [2.24, 2.45) is 0 Å². The highest BCUT2D eigenvalue weighted by atomic mass is 35.5. The van der Waals surface area contributed by atoms with Gasteiger partial charge in [0.25, 0.3) is 0 Å². The number of hydrogen-bond acceptors (Lipinski definition) is 2. The molecule has 7 heteroatoms. The summed E-state index contributed by atoms with van der Waals surface area (Å²) in [5.41, 5.74) is 5.00. The van der Waals surface area contributed by atoms with Gasteiger partial charge in [-0.15, -0.1) is 12.4 Å². The predicted molar refractivity (Wildman–Crippen MR) is 60.2 cm³/mol. The fourth-order valence-electron chi connectivity index (χ4n) is 1.31. The van der Waals surface area contributed by atoms with Gasteiger partial charge in [0.15, 0.2) is 0 Å². The summed E-state index contributed by atoms with van der Waals surface area (Å²) in [5.74, 6) is 0.261. The van der Waals surface area contributed by atoms with Gasteiger partial charge in [0, 0.05) is 12.3 Å². The zero-order valence-electron chi connectivity index (χ0n) is 8.48. The van der Waals surface area contributed by atoms with E-state index in [1.165, 1.54) is 29.1 Å². The van der Waals surface area contributed by atoms with Crippen LogP contribution in [0.3, 0.4) is 0 Å². The Morgan fingerprint density at radius 3 is 2.41 bits per heavy atom. The lowest BCUT2D eigenvalue weighted by Crippen LogP contribution is -2.06. The molecule has 0 aliphatic rings. The standard InChI is InChI=1S/C10H8F3N3.ClH/c11-10(12,13)7-2-1-3-8(6-7)16-5-4-9(14)15-16;/h1-6H,(H2,14,15);1H. The van der Waals surface area contributed by atoms with Gasteiger partial charge in [0.05, 0.1) is 11.3 Å². The number of alkyl halides is 3. The molecule has 0 atom stereocenters. The van der Waals surface area contributed by atoms with E-state index in [1.807, 2.05) is 0 Å². The lowest BCUT2D eigenvalue weighted by molar-refractivity contribution is -0.137. The number of anilines is 1. The van der Waals surface area contributed by atoms with Crippen LogP contribution in [0.15, 0.2) is 36.5 Å². The predicted octanol–water partition coefficient (Wildman–Crippen LogP) is 2.90. The molecule has 0 fully saturated rings. The number of benzene rings is 1. The van der Waals surface area contributed by atoms with Gasteiger partial charge >= 0.3 is 6.18 Å². The molecule has 1 heterocycles. The number of nitrogens with two attached hydrogens (primary N) is 1. The van der Waals surface area contributed by atoms with E-state index in [9.17, 15) is 13.2 Å². The largest absolute Gasteiger partial charge is 0.416 e. The fourth-order valence-corrected chi connectivity index (χ4v) is 1.31. The first-order chi connectivity index (χ1) is 7.47. The molecular weight excluding hydrogens is 255 g/mol. The first-order valence-electron chi connectivity index (χ1n) is 4.45. The Hall–Kier alpha value is -1.69. The van der Waals surface area contributed by atoms with Crippen LogP contribution in [0.2, 0.25) is 0 Å². The van der Waals surface area contributed by atoms with Gasteiger partial charge in [-0.05, 0) is 18.2 Å². The van der Waals surface area contributed by atoms with Crippen LogP contribution in [0.1, 0.15) is 5.56 Å². The van der Waals surface area contributed by atoms with E-state index in [2.05, 4.69) is 5.10 Å². The van der Waals surface area contributed by atoms with Crippen molar-refractivity contribution in [2.75, 3.05) is 5.73 Å². The SMILES string of the molecule is Cl.Nc1ccn(-c2cccc(C(F)(F)F)c2)n1. The molecule has 0 radical (unpaired) electrons. The van der Waals surface area contributed by atoms with E-state index in [4.69, 9.17) is 5.73 Å². The summed E-state index contributed by atoms with van der Waals surface area (Å²) in [4.78, 5) is 0. The molecule has 2 aromatic rings. The van der Waals surface area contributed by atoms with Crippen LogP contribution in [0.5, 0.6) is 0 Å². The van der Waals surface area contributed by atoms with Crippen molar-refractivity contribution in [3.8, 4) is 5.69 Å². The minimum atomic E-state index is -4.35. The highest BCUT2D eigenvalue weighted by Crippen LogP contribution is 2.30. The molecule has 0 saturated carbocycles. The summed E-state index contributed by atoms with van der Waals surface area (Å²) < 4.78 is 38.6. The molecule has 92 valence electrons. The van der Waals surface area contributed by atoms with Crippen LogP contribution >= 0.6 is 12.4 Å². The zero-order valence-corrected chi connectivity index (χ0v) is 9.29. The van der Waals surface area contributed by atoms with Crippen molar-refractivity contribution in [1.82, 2.24) is 9.78 Å². The first-order valence-corrected chi connectivity index (χ1v) is 4.45. The van der Waals surface area contributed by atoms with Crippen LogP contribution in [0.25, 0.3) is 5.69 Å². The van der Waals surface area contributed by atoms with Gasteiger partial charge in [-0.3, -0.25) is 0 Å². The number of nitrogens with zero attached hydrogens (tertiary/aromatic N) is 2. The molecular formula is C10H9ClF3N3. The van der Waals surface area contributed by atoms with Gasteiger partial charge in [0.2, 0.25) is 0 Å². The molecule has 2 rings (SSSR count). The minimum Gasteiger partial charge on any atom is -0.382 e. The second-order valence-electron chi connectivity index (χ2n) is 3.23. The molecule has 0 aliphatic carbocycles. The maximum atomic E-state index is 12.4. The van der Waals surface area contributed by atoms with Crippen molar-refractivity contribution < 1.29 is 13.2 Å². The summed E-state index contributed by atoms with van der Waals surface area (Å²) in [5, 5.41) is 3.83. The normalized spacial score (nSPS) is 11.0. The number of rotatable bonds is 1. The van der Waals surface area contributed by atoms with Crippen molar-refractivity contribution in [3.63, 3.8) is 0 Å². The highest BCUT2D eigenvalue weighted by molar-refractivity contribution is 5.85. The molecule has 0 amide bonds. The van der Waals surface area contributed by atoms with E-state index >= 15 is 0 Å². The molecule has 1 aromatic heterocycles. The Morgan fingerprint density at radius 2 is 1.88 bits per heavy atom. The Kier molecular flexibility index (Phi) is 3.67. The first kappa shape index (κ1) is 13.4. The van der Waals surface area contributed by atoms with Crippen molar-refractivity contribution >= 4 is 18.2 Å². The van der Waals surface area contributed by atoms with Crippen molar-refractivity contribution in [2.45, 2.75) is 6.18 Å². The second kappa shape index (κ2) is 4.67. The Labute approximate surface area is 101 Å². The number of hydrogen-bond donors (Lipinski definition) is 1. The van der Waals surface area contributed by atoms with Gasteiger partial charge in [-0.25, -0.2) is 4.68 Å². The summed E-state index contributed by atoms with van der Waals surface area (Å²) in [7, 11) is 0. The third-order valence-electron chi connectivity index (χ3n) is 2.05. The summed E-state index contributed by atoms with van der Waals surface area (Å²) in [6.45, 7) is 0. The van der Waals surface area contributed by atoms with Crippen LogP contribution in [0.4, 0.5) is 19.0 Å². The molecule has 3 nitrogen and oxygen atoms in total. The molecule has 0 aliphatic heterocycles. The molecule has 0 bridgehead atoms. The number of aromatic nitrogens is 2. The summed E-state index contributed by atoms with van der Waals surface area (Å²) in [6.07, 6.45) is -2.85. The maximum Gasteiger partial charge on any atom is 0.416 e. The summed E-state index contributed by atoms with van der Waals surface area (Å²) >= 11 is 0. The van der Waals surface area contributed by atoms with Gasteiger partial charge in [0.1, 0.15) is 5.82 Å². The molecule has 2 N–H and O–H groups in total. The Balaban J connectivity index is 0.00000144. The van der Waals surface area contributed by atoms with E-state index in [1.54, 1.807) is 0 Å². The molecule has 17 heavy (non-hydrogen) atoms. The molecule has 0 spiro atoms. The minimum absolute atomic E-state index is 0. The van der Waals surface area contributed by atoms with Crippen LogP contribution in [-0.4, -0.2) is 9.78 Å². The van der Waals surface area contributed by atoms with E-state index in [-0.39, 0.29) is 18.2 Å². The third-order valence-corrected chi connectivity index (χ3v) is 2.05. The Morgan fingerprint density at radius 1 is 1.18 bits per heavy atom. The molecule has 1 aromatic carbocycles. The summed E-state index contributed by atoms with van der Waals surface area (Å²) in [6, 6.07) is 6.40. The highest BCUT2D eigenvalue weighted by Gasteiger charge is 2.30. The van der Waals surface area contributed by atoms with Gasteiger partial charge < -0.3 is 5.73 Å². The topological polar surface area (TPSA) is 43.8 Å². The lowest BCUT2D eigenvalue weighted by atomic mass is 10.2.